The van der Waals surface area contributed by atoms with E-state index in [4.69, 9.17) is 9.63 Å². The van der Waals surface area contributed by atoms with Gasteiger partial charge in [0, 0.05) is 31.2 Å². The summed E-state index contributed by atoms with van der Waals surface area (Å²) in [4.78, 5) is 6.55. The van der Waals surface area contributed by atoms with E-state index in [0.29, 0.717) is 24.2 Å². The van der Waals surface area contributed by atoms with Crippen LogP contribution in [0.25, 0.3) is 11.4 Å². The molecule has 5 nitrogen and oxygen atoms in total. The van der Waals surface area contributed by atoms with Crippen LogP contribution < -0.4 is 0 Å². The first kappa shape index (κ1) is 11.4. The quantitative estimate of drug-likeness (QED) is 0.875. The van der Waals surface area contributed by atoms with E-state index in [9.17, 15) is 0 Å². The molecule has 0 radical (unpaired) electrons. The summed E-state index contributed by atoms with van der Waals surface area (Å²) in [5.74, 6) is 1.66. The topological polar surface area (TPSA) is 62.4 Å². The number of aliphatic hydroxyl groups excluding tert-OH is 1. The van der Waals surface area contributed by atoms with Crippen LogP contribution in [-0.4, -0.2) is 39.8 Å². The minimum absolute atomic E-state index is 0.260. The third-order valence-electron chi connectivity index (χ3n) is 3.15. The van der Waals surface area contributed by atoms with Gasteiger partial charge in [0.05, 0.1) is 6.54 Å². The number of aromatic nitrogens is 2. The molecule has 1 aromatic heterocycles. The Balaban J connectivity index is 1.64. The van der Waals surface area contributed by atoms with Crippen LogP contribution in [0.1, 0.15) is 5.89 Å². The van der Waals surface area contributed by atoms with Gasteiger partial charge in [-0.05, 0) is 0 Å². The second-order valence-electron chi connectivity index (χ2n) is 4.62. The summed E-state index contributed by atoms with van der Waals surface area (Å²) in [5, 5.41) is 12.9. The molecule has 1 N–H and O–H groups in total. The molecule has 0 bridgehead atoms. The van der Waals surface area contributed by atoms with Gasteiger partial charge in [-0.15, -0.1) is 0 Å². The van der Waals surface area contributed by atoms with Gasteiger partial charge < -0.3 is 9.63 Å². The highest BCUT2D eigenvalue weighted by molar-refractivity contribution is 5.53. The molecule has 5 heteroatoms. The molecule has 1 aliphatic rings. The second kappa shape index (κ2) is 4.88. The summed E-state index contributed by atoms with van der Waals surface area (Å²) in [6.07, 6.45) is 0. The molecule has 1 aliphatic heterocycles. The lowest BCUT2D eigenvalue weighted by Crippen LogP contribution is -2.47. The van der Waals surface area contributed by atoms with Gasteiger partial charge in [-0.3, -0.25) is 4.90 Å². The third-order valence-corrected chi connectivity index (χ3v) is 3.15. The lowest BCUT2D eigenvalue weighted by atomic mass is 10.0. The number of nitrogens with zero attached hydrogens (tertiary/aromatic N) is 3. The molecule has 94 valence electrons. The standard InChI is InChI=1S/C13H15N3O2/c17-9-10-6-16(7-10)8-12-14-13(15-18-12)11-4-2-1-3-5-11/h1-5,10,17H,6-9H2. The Morgan fingerprint density at radius 1 is 1.28 bits per heavy atom. The predicted molar refractivity (Wildman–Crippen MR) is 65.6 cm³/mol. The van der Waals surface area contributed by atoms with E-state index < -0.39 is 0 Å². The minimum atomic E-state index is 0.260. The Morgan fingerprint density at radius 2 is 2.06 bits per heavy atom. The summed E-state index contributed by atoms with van der Waals surface area (Å²) < 4.78 is 5.23. The van der Waals surface area contributed by atoms with Crippen LogP contribution in [0.2, 0.25) is 0 Å². The number of aliphatic hydroxyl groups is 1. The van der Waals surface area contributed by atoms with Gasteiger partial charge in [0.15, 0.2) is 0 Å². The van der Waals surface area contributed by atoms with E-state index >= 15 is 0 Å². The minimum Gasteiger partial charge on any atom is -0.396 e. The van der Waals surface area contributed by atoms with Crippen LogP contribution in [0, 0.1) is 5.92 Å². The van der Waals surface area contributed by atoms with Crippen LogP contribution in [0.3, 0.4) is 0 Å². The van der Waals surface area contributed by atoms with Crippen molar-refractivity contribution in [2.75, 3.05) is 19.7 Å². The van der Waals surface area contributed by atoms with E-state index in [0.717, 1.165) is 18.7 Å². The number of rotatable bonds is 4. The van der Waals surface area contributed by atoms with E-state index in [1.807, 2.05) is 30.3 Å². The Kier molecular flexibility index (Phi) is 3.08. The lowest BCUT2D eigenvalue weighted by Gasteiger charge is -2.36. The number of benzene rings is 1. The van der Waals surface area contributed by atoms with Crippen molar-refractivity contribution in [2.24, 2.45) is 5.92 Å². The fourth-order valence-electron chi connectivity index (χ4n) is 2.14. The zero-order chi connectivity index (χ0) is 12.4. The SMILES string of the molecule is OCC1CN(Cc2nc(-c3ccccc3)no2)C1. The van der Waals surface area contributed by atoms with E-state index in [2.05, 4.69) is 15.0 Å². The van der Waals surface area contributed by atoms with E-state index in [-0.39, 0.29) is 6.61 Å². The van der Waals surface area contributed by atoms with E-state index in [1.165, 1.54) is 0 Å². The van der Waals surface area contributed by atoms with Crippen molar-refractivity contribution in [1.29, 1.82) is 0 Å². The van der Waals surface area contributed by atoms with Crippen molar-refractivity contribution >= 4 is 0 Å². The number of hydrogen-bond acceptors (Lipinski definition) is 5. The average Bonchev–Trinajstić information content (AvgIpc) is 2.83. The Morgan fingerprint density at radius 3 is 2.78 bits per heavy atom. The number of likely N-dealkylation sites (tertiary alicyclic amines) is 1. The Bertz CT molecular complexity index is 506. The van der Waals surface area contributed by atoms with Crippen LogP contribution in [0.5, 0.6) is 0 Å². The molecule has 0 amide bonds. The molecule has 3 rings (SSSR count). The maximum absolute atomic E-state index is 8.94. The first-order valence-corrected chi connectivity index (χ1v) is 6.06. The van der Waals surface area contributed by atoms with Crippen molar-refractivity contribution in [1.82, 2.24) is 15.0 Å². The second-order valence-corrected chi connectivity index (χ2v) is 4.62. The largest absolute Gasteiger partial charge is 0.396 e. The molecule has 2 heterocycles. The molecule has 2 aromatic rings. The maximum Gasteiger partial charge on any atom is 0.241 e. The monoisotopic (exact) mass is 245 g/mol. The molecule has 0 spiro atoms. The van der Waals surface area contributed by atoms with Gasteiger partial charge in [0.25, 0.3) is 0 Å². The van der Waals surface area contributed by atoms with Crippen molar-refractivity contribution in [3.05, 3.63) is 36.2 Å². The van der Waals surface area contributed by atoms with Crippen LogP contribution in [-0.2, 0) is 6.54 Å². The van der Waals surface area contributed by atoms with Gasteiger partial charge in [-0.25, -0.2) is 0 Å². The van der Waals surface area contributed by atoms with Crippen molar-refractivity contribution in [3.63, 3.8) is 0 Å². The Hall–Kier alpha value is -1.72. The molecular formula is C13H15N3O2. The predicted octanol–water partition coefficient (Wildman–Crippen LogP) is 1.16. The molecule has 1 fully saturated rings. The van der Waals surface area contributed by atoms with Gasteiger partial charge in [-0.2, -0.15) is 4.98 Å². The molecule has 1 aromatic carbocycles. The average molecular weight is 245 g/mol. The highest BCUT2D eigenvalue weighted by atomic mass is 16.5. The summed E-state index contributed by atoms with van der Waals surface area (Å²) in [6, 6.07) is 9.78. The number of hydrogen-bond donors (Lipinski definition) is 1. The zero-order valence-electron chi connectivity index (χ0n) is 9.99. The highest BCUT2D eigenvalue weighted by Crippen LogP contribution is 2.19. The summed E-state index contributed by atoms with van der Waals surface area (Å²) in [5.41, 5.74) is 0.962. The lowest BCUT2D eigenvalue weighted by molar-refractivity contribution is 0.0402. The smallest absolute Gasteiger partial charge is 0.241 e. The molecule has 0 saturated carbocycles. The molecule has 0 atom stereocenters. The maximum atomic E-state index is 8.94. The zero-order valence-corrected chi connectivity index (χ0v) is 9.99. The fourth-order valence-corrected chi connectivity index (χ4v) is 2.14. The molecule has 0 unspecified atom stereocenters. The van der Waals surface area contributed by atoms with Gasteiger partial charge in [-0.1, -0.05) is 35.5 Å². The fraction of sp³-hybridized carbons (Fsp3) is 0.385. The van der Waals surface area contributed by atoms with Crippen molar-refractivity contribution in [2.45, 2.75) is 6.54 Å². The summed E-state index contributed by atoms with van der Waals surface area (Å²) in [6.45, 7) is 2.73. The van der Waals surface area contributed by atoms with Crippen LogP contribution in [0.4, 0.5) is 0 Å². The third kappa shape index (κ3) is 2.27. The summed E-state index contributed by atoms with van der Waals surface area (Å²) in [7, 11) is 0. The Labute approximate surface area is 105 Å². The molecular weight excluding hydrogens is 230 g/mol. The molecule has 0 aliphatic carbocycles. The molecule has 18 heavy (non-hydrogen) atoms. The van der Waals surface area contributed by atoms with Crippen molar-refractivity contribution in [3.8, 4) is 11.4 Å². The van der Waals surface area contributed by atoms with Crippen LogP contribution in [0.15, 0.2) is 34.9 Å². The normalized spacial score (nSPS) is 16.7. The first-order valence-electron chi connectivity index (χ1n) is 6.06. The van der Waals surface area contributed by atoms with Gasteiger partial charge in [0.2, 0.25) is 11.7 Å². The summed E-state index contributed by atoms with van der Waals surface area (Å²) >= 11 is 0. The van der Waals surface area contributed by atoms with Gasteiger partial charge >= 0.3 is 0 Å². The first-order chi connectivity index (χ1) is 8.85. The van der Waals surface area contributed by atoms with E-state index in [1.54, 1.807) is 0 Å². The van der Waals surface area contributed by atoms with Crippen molar-refractivity contribution < 1.29 is 9.63 Å². The highest BCUT2D eigenvalue weighted by Gasteiger charge is 2.27. The molecule has 1 saturated heterocycles. The van der Waals surface area contributed by atoms with Gasteiger partial charge in [0.1, 0.15) is 0 Å². The van der Waals surface area contributed by atoms with Crippen LogP contribution >= 0.6 is 0 Å².